The lowest BCUT2D eigenvalue weighted by atomic mass is 10.0. The maximum atomic E-state index is 12.2. The summed E-state index contributed by atoms with van der Waals surface area (Å²) < 4.78 is 10.3. The predicted octanol–water partition coefficient (Wildman–Crippen LogP) is 4.95. The molecule has 0 bridgehead atoms. The molecule has 0 radical (unpaired) electrons. The van der Waals surface area contributed by atoms with E-state index in [0.29, 0.717) is 11.4 Å². The van der Waals surface area contributed by atoms with Crippen LogP contribution < -0.4 is 10.6 Å². The number of rotatable bonds is 4. The van der Waals surface area contributed by atoms with Crippen LogP contribution >= 0.6 is 0 Å². The second kappa shape index (κ2) is 6.83. The zero-order valence-electron chi connectivity index (χ0n) is 15.3. The Balaban J connectivity index is 1.35. The molecular weight excluding hydrogens is 368 g/mol. The van der Waals surface area contributed by atoms with E-state index in [0.717, 1.165) is 28.7 Å². The van der Waals surface area contributed by atoms with E-state index < -0.39 is 0 Å². The summed E-state index contributed by atoms with van der Waals surface area (Å²) in [6.07, 6.45) is 3.66. The van der Waals surface area contributed by atoms with Crippen molar-refractivity contribution in [3.8, 4) is 11.1 Å². The van der Waals surface area contributed by atoms with Crippen molar-refractivity contribution in [1.82, 2.24) is 0 Å². The smallest absolute Gasteiger partial charge is 0.291 e. The van der Waals surface area contributed by atoms with Crippen molar-refractivity contribution < 1.29 is 18.4 Å². The van der Waals surface area contributed by atoms with Gasteiger partial charge in [0.15, 0.2) is 11.5 Å². The normalized spacial score (nSPS) is 11.6. The number of furan rings is 2. The summed E-state index contributed by atoms with van der Waals surface area (Å²) in [6, 6.07) is 18.3. The van der Waals surface area contributed by atoms with Crippen molar-refractivity contribution in [2.24, 2.45) is 0 Å². The van der Waals surface area contributed by atoms with Crippen LogP contribution in [0.25, 0.3) is 11.1 Å². The van der Waals surface area contributed by atoms with Crippen LogP contribution in [0.5, 0.6) is 0 Å². The summed E-state index contributed by atoms with van der Waals surface area (Å²) in [7, 11) is 0. The van der Waals surface area contributed by atoms with Gasteiger partial charge in [0, 0.05) is 11.4 Å². The molecular formula is C23H16N2O4. The van der Waals surface area contributed by atoms with E-state index in [-0.39, 0.29) is 23.3 Å². The maximum Gasteiger partial charge on any atom is 0.291 e. The van der Waals surface area contributed by atoms with Gasteiger partial charge in [0.25, 0.3) is 11.8 Å². The second-order valence-electron chi connectivity index (χ2n) is 6.78. The van der Waals surface area contributed by atoms with Gasteiger partial charge in [-0.25, -0.2) is 0 Å². The summed E-state index contributed by atoms with van der Waals surface area (Å²) in [6.45, 7) is 0. The third-order valence-corrected chi connectivity index (χ3v) is 4.89. The fraction of sp³-hybridized carbons (Fsp3) is 0.0435. The molecule has 6 heteroatoms. The zero-order valence-corrected chi connectivity index (χ0v) is 15.3. The second-order valence-corrected chi connectivity index (χ2v) is 6.78. The van der Waals surface area contributed by atoms with Gasteiger partial charge in [-0.05, 0) is 77.2 Å². The number of amides is 2. The molecule has 2 amide bonds. The van der Waals surface area contributed by atoms with Crippen LogP contribution in [0, 0.1) is 0 Å². The van der Waals surface area contributed by atoms with Gasteiger partial charge in [-0.3, -0.25) is 9.59 Å². The highest BCUT2D eigenvalue weighted by atomic mass is 16.3. The minimum atomic E-state index is -0.284. The largest absolute Gasteiger partial charge is 0.459 e. The minimum Gasteiger partial charge on any atom is -0.459 e. The molecule has 0 spiro atoms. The number of hydrogen-bond acceptors (Lipinski definition) is 4. The standard InChI is InChI=1S/C23H16N2O4/c26-22(20-3-1-9-28-20)24-16-5-7-18-14(12-16)11-15-13-17(6-8-19(15)18)25-23(27)21-4-2-10-29-21/h1-10,12-13H,11H2,(H,24,26)(H,25,27). The van der Waals surface area contributed by atoms with Crippen LogP contribution in [0.4, 0.5) is 11.4 Å². The van der Waals surface area contributed by atoms with Crippen molar-refractivity contribution in [3.63, 3.8) is 0 Å². The Kier molecular flexibility index (Phi) is 4.02. The minimum absolute atomic E-state index is 0.269. The topological polar surface area (TPSA) is 84.5 Å². The van der Waals surface area contributed by atoms with Crippen LogP contribution in [0.2, 0.25) is 0 Å². The van der Waals surface area contributed by atoms with Gasteiger partial charge < -0.3 is 19.5 Å². The maximum absolute atomic E-state index is 12.2. The van der Waals surface area contributed by atoms with Gasteiger partial charge in [-0.15, -0.1) is 0 Å². The average Bonchev–Trinajstić information content (AvgIpc) is 3.47. The molecule has 2 N–H and O–H groups in total. The van der Waals surface area contributed by atoms with Gasteiger partial charge >= 0.3 is 0 Å². The van der Waals surface area contributed by atoms with Gasteiger partial charge in [-0.2, -0.15) is 0 Å². The van der Waals surface area contributed by atoms with Gasteiger partial charge in [0.1, 0.15) is 0 Å². The molecule has 5 rings (SSSR count). The average molecular weight is 384 g/mol. The van der Waals surface area contributed by atoms with Crippen LogP contribution in [0.15, 0.2) is 82.0 Å². The van der Waals surface area contributed by atoms with Crippen LogP contribution in [0.1, 0.15) is 32.2 Å². The first kappa shape index (κ1) is 17.1. The fourth-order valence-corrected chi connectivity index (χ4v) is 3.57. The first-order valence-electron chi connectivity index (χ1n) is 9.13. The molecule has 6 nitrogen and oxygen atoms in total. The molecule has 29 heavy (non-hydrogen) atoms. The SMILES string of the molecule is O=C(Nc1ccc2c(c1)Cc1cc(NC(=O)c3ccco3)ccc1-2)c1ccco1. The molecule has 2 heterocycles. The third-order valence-electron chi connectivity index (χ3n) is 4.89. The van der Waals surface area contributed by atoms with Crippen molar-refractivity contribution in [2.75, 3.05) is 10.6 Å². The number of hydrogen-bond donors (Lipinski definition) is 2. The molecule has 0 atom stereocenters. The summed E-state index contributed by atoms with van der Waals surface area (Å²) >= 11 is 0. The lowest BCUT2D eigenvalue weighted by Gasteiger charge is -2.07. The predicted molar refractivity (Wildman–Crippen MR) is 108 cm³/mol. The molecule has 4 aromatic rings. The Morgan fingerprint density at radius 1 is 0.690 bits per heavy atom. The quantitative estimate of drug-likeness (QED) is 0.459. The van der Waals surface area contributed by atoms with Crippen molar-refractivity contribution >= 4 is 23.2 Å². The zero-order chi connectivity index (χ0) is 19.8. The van der Waals surface area contributed by atoms with Crippen molar-refractivity contribution in [2.45, 2.75) is 6.42 Å². The van der Waals surface area contributed by atoms with Gasteiger partial charge in [0.2, 0.25) is 0 Å². The number of carbonyl (C=O) groups is 2. The van der Waals surface area contributed by atoms with Crippen molar-refractivity contribution in [3.05, 3.63) is 95.8 Å². The monoisotopic (exact) mass is 384 g/mol. The van der Waals surface area contributed by atoms with Crippen LogP contribution in [-0.2, 0) is 6.42 Å². The van der Waals surface area contributed by atoms with E-state index in [4.69, 9.17) is 8.83 Å². The Morgan fingerprint density at radius 3 is 1.59 bits per heavy atom. The molecule has 1 aliphatic carbocycles. The van der Waals surface area contributed by atoms with E-state index >= 15 is 0 Å². The van der Waals surface area contributed by atoms with Gasteiger partial charge in [0.05, 0.1) is 12.5 Å². The molecule has 0 unspecified atom stereocenters. The molecule has 0 saturated heterocycles. The highest BCUT2D eigenvalue weighted by Crippen LogP contribution is 2.39. The van der Waals surface area contributed by atoms with E-state index in [9.17, 15) is 9.59 Å². The fourth-order valence-electron chi connectivity index (χ4n) is 3.57. The number of nitrogens with one attached hydrogen (secondary N) is 2. The Morgan fingerprint density at radius 2 is 1.17 bits per heavy atom. The third kappa shape index (κ3) is 3.21. The van der Waals surface area contributed by atoms with Crippen molar-refractivity contribution in [1.29, 1.82) is 0 Å². The summed E-state index contributed by atoms with van der Waals surface area (Å²) in [5.41, 5.74) is 5.91. The number of fused-ring (bicyclic) bond motifs is 3. The lowest BCUT2D eigenvalue weighted by Crippen LogP contribution is -2.10. The van der Waals surface area contributed by atoms with Crippen LogP contribution in [0.3, 0.4) is 0 Å². The van der Waals surface area contributed by atoms with E-state index in [1.54, 1.807) is 24.3 Å². The summed E-state index contributed by atoms with van der Waals surface area (Å²) in [5.74, 6) is -0.0294. The Labute approximate surface area is 166 Å². The molecule has 0 saturated carbocycles. The molecule has 1 aliphatic rings. The molecule has 142 valence electrons. The van der Waals surface area contributed by atoms with Gasteiger partial charge in [-0.1, -0.05) is 12.1 Å². The first-order valence-corrected chi connectivity index (χ1v) is 9.13. The van der Waals surface area contributed by atoms with E-state index in [1.807, 2.05) is 36.4 Å². The number of anilines is 2. The molecule has 0 aliphatic heterocycles. The molecule has 2 aromatic heterocycles. The summed E-state index contributed by atoms with van der Waals surface area (Å²) in [4.78, 5) is 24.4. The summed E-state index contributed by atoms with van der Waals surface area (Å²) in [5, 5.41) is 5.71. The van der Waals surface area contributed by atoms with E-state index in [1.165, 1.54) is 12.5 Å². The highest BCUT2D eigenvalue weighted by Gasteiger charge is 2.20. The lowest BCUT2D eigenvalue weighted by molar-refractivity contribution is 0.0989. The Hall–Kier alpha value is -4.06. The molecule has 0 fully saturated rings. The Bertz CT molecular complexity index is 1110. The highest BCUT2D eigenvalue weighted by molar-refractivity contribution is 6.03. The number of carbonyl (C=O) groups excluding carboxylic acids is 2. The molecule has 2 aromatic carbocycles. The van der Waals surface area contributed by atoms with Crippen LogP contribution in [-0.4, -0.2) is 11.8 Å². The van der Waals surface area contributed by atoms with E-state index in [2.05, 4.69) is 10.6 Å². The number of benzene rings is 2. The first-order chi connectivity index (χ1) is 14.2.